The van der Waals surface area contributed by atoms with Crippen molar-refractivity contribution < 1.29 is 35.5 Å². The van der Waals surface area contributed by atoms with Gasteiger partial charge in [-0.25, -0.2) is 22.0 Å². The van der Waals surface area contributed by atoms with Crippen LogP contribution in [0.1, 0.15) is 11.1 Å². The van der Waals surface area contributed by atoms with Gasteiger partial charge in [-0.2, -0.15) is 8.78 Å². The van der Waals surface area contributed by atoms with Crippen LogP contribution in [0.3, 0.4) is 0 Å². The molecule has 0 aliphatic carbocycles. The molecule has 4 aromatic rings. The van der Waals surface area contributed by atoms with Crippen molar-refractivity contribution in [2.45, 2.75) is 13.0 Å². The summed E-state index contributed by atoms with van der Waals surface area (Å²) in [6.07, 6.45) is -4.65. The van der Waals surface area contributed by atoms with E-state index in [1.807, 2.05) is 31.2 Å². The summed E-state index contributed by atoms with van der Waals surface area (Å²) in [6, 6.07) is 14.5. The smallest absolute Gasteiger partial charge is 0.429 e. The summed E-state index contributed by atoms with van der Waals surface area (Å²) in [4.78, 5) is 0. The van der Waals surface area contributed by atoms with Crippen LogP contribution < -0.4 is 10.0 Å². The monoisotopic (exact) mass is 508 g/mol. The van der Waals surface area contributed by atoms with Crippen LogP contribution in [0.4, 0.5) is 30.7 Å². The first-order valence-corrected chi connectivity index (χ1v) is 10.7. The van der Waals surface area contributed by atoms with Gasteiger partial charge >= 0.3 is 6.11 Å². The van der Waals surface area contributed by atoms with Gasteiger partial charge in [0, 0.05) is 12.1 Å². The molecule has 0 saturated heterocycles. The Hall–Kier alpha value is -3.38. The summed E-state index contributed by atoms with van der Waals surface area (Å²) in [5, 5.41) is 0.565. The molecule has 0 bridgehead atoms. The van der Waals surface area contributed by atoms with E-state index in [4.69, 9.17) is 0 Å². The highest BCUT2D eigenvalue weighted by atomic mass is 31.0. The molecule has 9 heteroatoms. The van der Waals surface area contributed by atoms with Crippen LogP contribution in [0, 0.1) is 36.0 Å². The Balaban J connectivity index is 1.67. The maximum atomic E-state index is 14.7. The van der Waals surface area contributed by atoms with Gasteiger partial charge in [0.25, 0.3) is 0 Å². The van der Waals surface area contributed by atoms with Gasteiger partial charge < -0.3 is 4.74 Å². The average Bonchev–Trinajstić information content (AvgIpc) is 2.76. The van der Waals surface area contributed by atoms with Crippen molar-refractivity contribution in [2.24, 2.45) is 0 Å². The highest BCUT2D eigenvalue weighted by Gasteiger charge is 2.41. The van der Waals surface area contributed by atoms with E-state index >= 15 is 0 Å². The van der Waals surface area contributed by atoms with Crippen molar-refractivity contribution in [3.63, 3.8) is 0 Å². The fourth-order valence-electron chi connectivity index (χ4n) is 3.55. The maximum absolute atomic E-state index is 14.7. The standard InChI is InChI=1S/C26H16F7OP/c1-13-2-4-14(5-3-13)15-6-7-18(23(35)10-15)16-8-19(27)24(20(28)9-16)26(32,33)34-17-11-21(29)25(31)22(30)12-17/h2-12H,35H2,1H3. The first-order chi connectivity index (χ1) is 16.5. The molecule has 1 nitrogen and oxygen atoms in total. The molecular formula is C26H16F7OP. The van der Waals surface area contributed by atoms with Gasteiger partial charge in [0.1, 0.15) is 22.9 Å². The minimum absolute atomic E-state index is 0.0149. The van der Waals surface area contributed by atoms with Crippen LogP contribution in [-0.2, 0) is 6.11 Å². The molecule has 1 unspecified atom stereocenters. The number of benzene rings is 4. The molecule has 35 heavy (non-hydrogen) atoms. The van der Waals surface area contributed by atoms with E-state index in [1.165, 1.54) is 0 Å². The zero-order valence-corrected chi connectivity index (χ0v) is 19.1. The predicted molar refractivity (Wildman–Crippen MR) is 122 cm³/mol. The summed E-state index contributed by atoms with van der Waals surface area (Å²) in [5.74, 6) is -9.92. The molecule has 0 amide bonds. The van der Waals surface area contributed by atoms with Crippen molar-refractivity contribution in [3.05, 3.63) is 107 Å². The summed E-state index contributed by atoms with van der Waals surface area (Å²) in [5.41, 5.74) is 1.45. The topological polar surface area (TPSA) is 9.23 Å². The van der Waals surface area contributed by atoms with Crippen molar-refractivity contribution in [3.8, 4) is 28.0 Å². The number of ether oxygens (including phenoxy) is 1. The molecule has 0 saturated carbocycles. The van der Waals surface area contributed by atoms with Crippen LogP contribution in [0.25, 0.3) is 22.3 Å². The average molecular weight is 508 g/mol. The Morgan fingerprint density at radius 3 is 1.74 bits per heavy atom. The van der Waals surface area contributed by atoms with E-state index in [1.54, 1.807) is 18.2 Å². The Labute approximate surface area is 198 Å². The van der Waals surface area contributed by atoms with Crippen molar-refractivity contribution in [2.75, 3.05) is 0 Å². The van der Waals surface area contributed by atoms with Crippen molar-refractivity contribution >= 4 is 14.5 Å². The molecule has 0 N–H and O–H groups in total. The minimum atomic E-state index is -4.65. The highest BCUT2D eigenvalue weighted by Crippen LogP contribution is 2.38. The van der Waals surface area contributed by atoms with E-state index in [-0.39, 0.29) is 17.7 Å². The quantitative estimate of drug-likeness (QED) is 0.153. The zero-order chi connectivity index (χ0) is 25.5. The lowest BCUT2D eigenvalue weighted by Crippen LogP contribution is -2.25. The second kappa shape index (κ2) is 9.34. The Morgan fingerprint density at radius 2 is 1.20 bits per heavy atom. The van der Waals surface area contributed by atoms with Gasteiger partial charge in [-0.15, -0.1) is 9.24 Å². The number of rotatable bonds is 5. The van der Waals surface area contributed by atoms with Gasteiger partial charge in [-0.3, -0.25) is 0 Å². The molecule has 0 fully saturated rings. The molecule has 4 aromatic carbocycles. The van der Waals surface area contributed by atoms with E-state index < -0.39 is 46.5 Å². The van der Waals surface area contributed by atoms with Crippen molar-refractivity contribution in [1.29, 1.82) is 0 Å². The number of alkyl halides is 2. The molecule has 0 heterocycles. The normalized spacial score (nSPS) is 11.6. The van der Waals surface area contributed by atoms with Crippen LogP contribution in [-0.4, -0.2) is 0 Å². The first kappa shape index (κ1) is 24.7. The molecule has 4 rings (SSSR count). The van der Waals surface area contributed by atoms with Gasteiger partial charge in [0.05, 0.1) is 0 Å². The zero-order valence-electron chi connectivity index (χ0n) is 18.0. The first-order valence-electron chi connectivity index (χ1n) is 10.1. The molecular weight excluding hydrogens is 492 g/mol. The van der Waals surface area contributed by atoms with Gasteiger partial charge in [0.2, 0.25) is 0 Å². The van der Waals surface area contributed by atoms with E-state index in [0.29, 0.717) is 23.0 Å². The summed E-state index contributed by atoms with van der Waals surface area (Å²) < 4.78 is 102. The SMILES string of the molecule is Cc1ccc(-c2ccc(-c3cc(F)c(C(F)(F)Oc4cc(F)c(F)c(F)c4)c(F)c3)c(P)c2)cc1. The molecule has 0 aliphatic rings. The van der Waals surface area contributed by atoms with Gasteiger partial charge in [-0.05, 0) is 52.7 Å². The van der Waals surface area contributed by atoms with Crippen molar-refractivity contribution in [1.82, 2.24) is 0 Å². The third-order valence-electron chi connectivity index (χ3n) is 5.28. The number of halogens is 7. The van der Waals surface area contributed by atoms with E-state index in [0.717, 1.165) is 16.7 Å². The third-order valence-corrected chi connectivity index (χ3v) is 5.76. The Bertz CT molecular complexity index is 1370. The van der Waals surface area contributed by atoms with E-state index in [2.05, 4.69) is 14.0 Å². The summed E-state index contributed by atoms with van der Waals surface area (Å²) in [6.45, 7) is 1.95. The van der Waals surface area contributed by atoms with Crippen LogP contribution in [0.2, 0.25) is 0 Å². The molecule has 0 spiro atoms. The Morgan fingerprint density at radius 1 is 0.657 bits per heavy atom. The molecule has 1 atom stereocenters. The largest absolute Gasteiger partial charge is 0.432 e. The van der Waals surface area contributed by atoms with Gasteiger partial charge in [0.15, 0.2) is 17.5 Å². The molecule has 0 aliphatic heterocycles. The highest BCUT2D eigenvalue weighted by molar-refractivity contribution is 7.28. The second-order valence-corrected chi connectivity index (χ2v) is 8.42. The lowest BCUT2D eigenvalue weighted by Gasteiger charge is -2.20. The fourth-order valence-corrected chi connectivity index (χ4v) is 3.99. The lowest BCUT2D eigenvalue weighted by molar-refractivity contribution is -0.189. The predicted octanol–water partition coefficient (Wildman–Crippen LogP) is 7.65. The number of aryl methyl sites for hydroxylation is 1. The Kier molecular flexibility index (Phi) is 6.60. The number of hydrogen-bond donors (Lipinski definition) is 0. The maximum Gasteiger partial charge on any atom is 0.432 e. The number of hydrogen-bond acceptors (Lipinski definition) is 1. The summed E-state index contributed by atoms with van der Waals surface area (Å²) in [7, 11) is 2.44. The molecule has 0 radical (unpaired) electrons. The van der Waals surface area contributed by atoms with Crippen LogP contribution in [0.5, 0.6) is 5.75 Å². The summed E-state index contributed by atoms with van der Waals surface area (Å²) >= 11 is 0. The van der Waals surface area contributed by atoms with Crippen LogP contribution >= 0.6 is 9.24 Å². The van der Waals surface area contributed by atoms with Gasteiger partial charge in [-0.1, -0.05) is 42.0 Å². The fraction of sp³-hybridized carbons (Fsp3) is 0.0769. The third kappa shape index (κ3) is 5.03. The van der Waals surface area contributed by atoms with E-state index in [9.17, 15) is 30.7 Å². The second-order valence-electron chi connectivity index (χ2n) is 7.80. The molecule has 180 valence electrons. The van der Waals surface area contributed by atoms with Crippen LogP contribution in [0.15, 0.2) is 66.7 Å². The molecule has 0 aromatic heterocycles. The lowest BCUT2D eigenvalue weighted by atomic mass is 9.98. The minimum Gasteiger partial charge on any atom is -0.429 e.